The van der Waals surface area contributed by atoms with E-state index in [2.05, 4.69) is 28.8 Å². The fraction of sp³-hybridized carbons (Fsp3) is 0.409. The number of benzene rings is 2. The molecule has 2 aromatic carbocycles. The van der Waals surface area contributed by atoms with Crippen LogP contribution in [0.2, 0.25) is 0 Å². The van der Waals surface area contributed by atoms with Gasteiger partial charge in [0, 0.05) is 17.9 Å². The maximum absolute atomic E-state index is 12.3. The normalized spacial score (nSPS) is 11.5. The molecule has 0 atom stereocenters. The van der Waals surface area contributed by atoms with Crippen LogP contribution >= 0.6 is 0 Å². The Morgan fingerprint density at radius 3 is 2.30 bits per heavy atom. The van der Waals surface area contributed by atoms with Gasteiger partial charge in [-0.15, -0.1) is 0 Å². The Bertz CT molecular complexity index is 924. The van der Waals surface area contributed by atoms with Crippen LogP contribution in [-0.4, -0.2) is 44.2 Å². The lowest BCUT2D eigenvalue weighted by atomic mass is 10.2. The van der Waals surface area contributed by atoms with Crippen molar-refractivity contribution in [2.24, 2.45) is 0 Å². The minimum absolute atomic E-state index is 0.0294. The van der Waals surface area contributed by atoms with Crippen LogP contribution in [0.3, 0.4) is 0 Å². The maximum atomic E-state index is 12.3. The number of sulfonamides is 1. The largest absolute Gasteiger partial charge is 0.491 e. The highest BCUT2D eigenvalue weighted by molar-refractivity contribution is 7.93. The summed E-state index contributed by atoms with van der Waals surface area (Å²) in [5, 5.41) is 2.67. The smallest absolute Gasteiger partial charge is 0.241 e. The van der Waals surface area contributed by atoms with Crippen molar-refractivity contribution >= 4 is 27.3 Å². The standard InChI is InChI=1S/C22H31N3O4S/c1-5-25(6-2)15-18-8-7-9-20(14-18)23-22(26)16-30(27,28)24-19-10-12-21(13-11-19)29-17(3)4/h7-14,17,24H,5-6,15-16H2,1-4H3,(H,23,26). The summed E-state index contributed by atoms with van der Waals surface area (Å²) in [4.78, 5) is 14.5. The van der Waals surface area contributed by atoms with Crippen LogP contribution < -0.4 is 14.8 Å². The summed E-state index contributed by atoms with van der Waals surface area (Å²) in [5.74, 6) is -0.616. The van der Waals surface area contributed by atoms with E-state index in [9.17, 15) is 13.2 Å². The average Bonchev–Trinajstić information content (AvgIpc) is 2.66. The molecule has 0 spiro atoms. The lowest BCUT2D eigenvalue weighted by Gasteiger charge is -2.18. The molecule has 7 nitrogen and oxygen atoms in total. The van der Waals surface area contributed by atoms with Crippen LogP contribution in [0.5, 0.6) is 5.75 Å². The quantitative estimate of drug-likeness (QED) is 0.564. The van der Waals surface area contributed by atoms with E-state index in [1.54, 1.807) is 30.3 Å². The van der Waals surface area contributed by atoms with E-state index in [0.717, 1.165) is 25.2 Å². The molecule has 0 bridgehead atoms. The number of ether oxygens (including phenoxy) is 1. The van der Waals surface area contributed by atoms with Gasteiger partial charge in [0.15, 0.2) is 0 Å². The first-order valence-electron chi connectivity index (χ1n) is 10.1. The summed E-state index contributed by atoms with van der Waals surface area (Å²) in [6.07, 6.45) is 0.0294. The minimum atomic E-state index is -3.84. The van der Waals surface area contributed by atoms with Crippen molar-refractivity contribution in [2.75, 3.05) is 28.9 Å². The number of anilines is 2. The molecule has 30 heavy (non-hydrogen) atoms. The zero-order valence-corrected chi connectivity index (χ0v) is 18.8. The molecule has 1 amide bonds. The maximum Gasteiger partial charge on any atom is 0.241 e. The second-order valence-corrected chi connectivity index (χ2v) is 8.98. The van der Waals surface area contributed by atoms with E-state index in [0.29, 0.717) is 17.1 Å². The number of nitrogens with zero attached hydrogens (tertiary/aromatic N) is 1. The Balaban J connectivity index is 1.95. The Morgan fingerprint density at radius 1 is 1.03 bits per heavy atom. The monoisotopic (exact) mass is 433 g/mol. The van der Waals surface area contributed by atoms with Crippen molar-refractivity contribution in [1.82, 2.24) is 4.90 Å². The molecule has 0 unspecified atom stereocenters. The second kappa shape index (κ2) is 11.0. The van der Waals surface area contributed by atoms with Gasteiger partial charge < -0.3 is 10.1 Å². The van der Waals surface area contributed by atoms with Crippen molar-refractivity contribution in [3.8, 4) is 5.75 Å². The van der Waals surface area contributed by atoms with E-state index >= 15 is 0 Å². The first kappa shape index (κ1) is 23.7. The first-order chi connectivity index (χ1) is 14.2. The van der Waals surface area contributed by atoms with Gasteiger partial charge in [-0.2, -0.15) is 0 Å². The summed E-state index contributed by atoms with van der Waals surface area (Å²) in [6, 6.07) is 14.0. The van der Waals surface area contributed by atoms with E-state index in [-0.39, 0.29) is 6.10 Å². The molecule has 0 fully saturated rings. The molecule has 164 valence electrons. The summed E-state index contributed by atoms with van der Waals surface area (Å²) >= 11 is 0. The highest BCUT2D eigenvalue weighted by Crippen LogP contribution is 2.18. The molecule has 0 radical (unpaired) electrons. The molecule has 0 saturated carbocycles. The molecule has 0 aliphatic carbocycles. The molecule has 2 N–H and O–H groups in total. The van der Waals surface area contributed by atoms with E-state index in [1.165, 1.54) is 0 Å². The molecular weight excluding hydrogens is 402 g/mol. The molecule has 0 heterocycles. The predicted molar refractivity (Wildman–Crippen MR) is 121 cm³/mol. The van der Waals surface area contributed by atoms with E-state index in [4.69, 9.17) is 4.74 Å². The summed E-state index contributed by atoms with van der Waals surface area (Å²) in [6.45, 7) is 10.6. The van der Waals surface area contributed by atoms with Gasteiger partial charge >= 0.3 is 0 Å². The fourth-order valence-electron chi connectivity index (χ4n) is 2.91. The number of carbonyl (C=O) groups is 1. The van der Waals surface area contributed by atoms with Gasteiger partial charge in [-0.25, -0.2) is 8.42 Å². The number of carbonyl (C=O) groups excluding carboxylic acids is 1. The van der Waals surface area contributed by atoms with Gasteiger partial charge in [-0.1, -0.05) is 26.0 Å². The summed E-state index contributed by atoms with van der Waals surface area (Å²) < 4.78 is 32.6. The Hall–Kier alpha value is -2.58. The first-order valence-corrected chi connectivity index (χ1v) is 11.7. The zero-order chi connectivity index (χ0) is 22.1. The van der Waals surface area contributed by atoms with Gasteiger partial charge in [0.1, 0.15) is 11.5 Å². The Morgan fingerprint density at radius 2 is 1.70 bits per heavy atom. The van der Waals surface area contributed by atoms with Crippen molar-refractivity contribution in [1.29, 1.82) is 0 Å². The highest BCUT2D eigenvalue weighted by Gasteiger charge is 2.17. The average molecular weight is 434 g/mol. The second-order valence-electron chi connectivity index (χ2n) is 7.26. The third kappa shape index (κ3) is 8.04. The van der Waals surface area contributed by atoms with Crippen LogP contribution in [0, 0.1) is 0 Å². The Kier molecular flexibility index (Phi) is 8.68. The SMILES string of the molecule is CCN(CC)Cc1cccc(NC(=O)CS(=O)(=O)Nc2ccc(OC(C)C)cc2)c1. The Labute approximate surface area is 179 Å². The van der Waals surface area contributed by atoms with Crippen molar-refractivity contribution < 1.29 is 17.9 Å². The van der Waals surface area contributed by atoms with Crippen molar-refractivity contribution in [2.45, 2.75) is 40.3 Å². The van der Waals surface area contributed by atoms with Crippen LogP contribution in [0.1, 0.15) is 33.3 Å². The van der Waals surface area contributed by atoms with Crippen molar-refractivity contribution in [3.05, 3.63) is 54.1 Å². The molecule has 0 aliphatic rings. The number of rotatable bonds is 11. The fourth-order valence-corrected chi connectivity index (χ4v) is 3.90. The molecule has 8 heteroatoms. The van der Waals surface area contributed by atoms with Crippen LogP contribution in [0.15, 0.2) is 48.5 Å². The third-order valence-electron chi connectivity index (χ3n) is 4.33. The lowest BCUT2D eigenvalue weighted by molar-refractivity contribution is -0.113. The van der Waals surface area contributed by atoms with E-state index < -0.39 is 21.7 Å². The molecular formula is C22H31N3O4S. The highest BCUT2D eigenvalue weighted by atomic mass is 32.2. The predicted octanol–water partition coefficient (Wildman–Crippen LogP) is 3.70. The van der Waals surface area contributed by atoms with Crippen LogP contribution in [0.4, 0.5) is 11.4 Å². The molecule has 2 rings (SSSR count). The number of hydrogen-bond donors (Lipinski definition) is 2. The molecule has 0 saturated heterocycles. The van der Waals surface area contributed by atoms with Gasteiger partial charge in [0.2, 0.25) is 15.9 Å². The minimum Gasteiger partial charge on any atom is -0.491 e. The molecule has 2 aromatic rings. The van der Waals surface area contributed by atoms with Gasteiger partial charge in [-0.05, 0) is 68.9 Å². The van der Waals surface area contributed by atoms with Gasteiger partial charge in [-0.3, -0.25) is 14.4 Å². The molecule has 0 aromatic heterocycles. The third-order valence-corrected chi connectivity index (χ3v) is 5.52. The lowest BCUT2D eigenvalue weighted by Crippen LogP contribution is -2.27. The van der Waals surface area contributed by atoms with Crippen molar-refractivity contribution in [3.63, 3.8) is 0 Å². The number of nitrogens with one attached hydrogen (secondary N) is 2. The van der Waals surface area contributed by atoms with Crippen LogP contribution in [-0.2, 0) is 21.4 Å². The zero-order valence-electron chi connectivity index (χ0n) is 18.0. The number of hydrogen-bond acceptors (Lipinski definition) is 5. The summed E-state index contributed by atoms with van der Waals surface area (Å²) in [7, 11) is -3.84. The van der Waals surface area contributed by atoms with E-state index in [1.807, 2.05) is 32.0 Å². The summed E-state index contributed by atoms with van der Waals surface area (Å²) in [5.41, 5.74) is 2.01. The van der Waals surface area contributed by atoms with Crippen LogP contribution in [0.25, 0.3) is 0 Å². The van der Waals surface area contributed by atoms with Gasteiger partial charge in [0.05, 0.1) is 6.10 Å². The van der Waals surface area contributed by atoms with Gasteiger partial charge in [0.25, 0.3) is 0 Å². The topological polar surface area (TPSA) is 87.7 Å². The molecule has 0 aliphatic heterocycles. The number of amides is 1.